The Morgan fingerprint density at radius 1 is 0.519 bits per heavy atom. The molecule has 2 fully saturated rings. The van der Waals surface area contributed by atoms with Crippen LogP contribution in [0.25, 0.3) is 0 Å². The third kappa shape index (κ3) is 7.78. The van der Waals surface area contributed by atoms with E-state index in [1.165, 1.54) is 0 Å². The molecule has 10 nitrogen and oxygen atoms in total. The second kappa shape index (κ2) is 17.3. The van der Waals surface area contributed by atoms with E-state index in [-0.39, 0.29) is 13.2 Å². The maximum atomic E-state index is 14.8. The van der Waals surface area contributed by atoms with Crippen LogP contribution in [0.1, 0.15) is 62.7 Å². The van der Waals surface area contributed by atoms with Crippen LogP contribution in [-0.4, -0.2) is 59.1 Å². The van der Waals surface area contributed by atoms with E-state index in [1.807, 2.05) is 111 Å². The zero-order chi connectivity index (χ0) is 36.5. The first kappa shape index (κ1) is 36.5. The summed E-state index contributed by atoms with van der Waals surface area (Å²) < 4.78 is 11.8. The van der Waals surface area contributed by atoms with Crippen molar-refractivity contribution in [2.24, 2.45) is 11.8 Å². The maximum Gasteiger partial charge on any atom is 0.313 e. The van der Waals surface area contributed by atoms with Crippen molar-refractivity contribution in [3.05, 3.63) is 132 Å². The Balaban J connectivity index is 1.57. The molecule has 0 aromatic heterocycles. The van der Waals surface area contributed by atoms with E-state index in [4.69, 9.17) is 9.47 Å². The topological polar surface area (TPSA) is 117 Å². The van der Waals surface area contributed by atoms with Crippen molar-refractivity contribution in [2.75, 3.05) is 23.8 Å². The highest BCUT2D eigenvalue weighted by Gasteiger charge is 2.68. The van der Waals surface area contributed by atoms with E-state index in [2.05, 4.69) is 10.6 Å². The van der Waals surface area contributed by atoms with Crippen LogP contribution in [-0.2, 0) is 28.7 Å². The molecular weight excluding hydrogens is 656 g/mol. The summed E-state index contributed by atoms with van der Waals surface area (Å²) in [5.74, 6) is -4.18. The number of hydrogen-bond acceptors (Lipinski definition) is 8. The molecule has 0 unspecified atom stereocenters. The molecule has 2 heterocycles. The monoisotopic (exact) mass is 702 g/mol. The summed E-state index contributed by atoms with van der Waals surface area (Å²) in [4.78, 5) is 58.5. The summed E-state index contributed by atoms with van der Waals surface area (Å²) in [5, 5.41) is 9.64. The molecule has 2 aliphatic heterocycles. The minimum absolute atomic E-state index is 0.187. The maximum absolute atomic E-state index is 14.8. The number of para-hydroxylation sites is 2. The molecule has 0 spiro atoms. The van der Waals surface area contributed by atoms with Crippen molar-refractivity contribution in [2.45, 2.75) is 63.7 Å². The normalized spacial score (nSPS) is 22.7. The first-order chi connectivity index (χ1) is 25.4. The van der Waals surface area contributed by atoms with Gasteiger partial charge in [-0.05, 0) is 48.2 Å². The molecular formula is C42H46N4O6. The fourth-order valence-corrected chi connectivity index (χ4v) is 7.33. The summed E-state index contributed by atoms with van der Waals surface area (Å²) in [6.07, 6.45) is 2.94. The van der Waals surface area contributed by atoms with Crippen LogP contribution in [0.15, 0.2) is 121 Å². The van der Waals surface area contributed by atoms with Gasteiger partial charge in [0.15, 0.2) is 0 Å². The molecule has 0 radical (unpaired) electrons. The lowest BCUT2D eigenvalue weighted by atomic mass is 9.82. The van der Waals surface area contributed by atoms with Gasteiger partial charge in [-0.2, -0.15) is 0 Å². The zero-order valence-electron chi connectivity index (χ0n) is 29.6. The lowest BCUT2D eigenvalue weighted by molar-refractivity contribution is -0.154. The van der Waals surface area contributed by atoms with E-state index in [9.17, 15) is 19.2 Å². The number of benzene rings is 4. The number of rotatable bonds is 14. The van der Waals surface area contributed by atoms with Crippen molar-refractivity contribution < 1.29 is 28.7 Å². The predicted octanol–water partition coefficient (Wildman–Crippen LogP) is 6.95. The van der Waals surface area contributed by atoms with Gasteiger partial charge in [-0.1, -0.05) is 124 Å². The molecule has 4 aromatic rings. The van der Waals surface area contributed by atoms with E-state index >= 15 is 0 Å². The standard InChI is InChI=1S/C42H46N4O6/c1-3-5-27-51-41(49)33-35(29-19-11-7-12-20-29)45-38(40(48)44-32-25-17-10-18-26-32)34(42(50)52-28-6-4-2)36(30-21-13-8-14-22-30)46(45)37(33)39(47)43-31-23-15-9-16-24-31/h7-26,33-38H,3-6,27-28H2,1-2H3,(H,43,47)(H,44,48)/t33-,34-,35+,36+,37+,38+/m0/s1. The SMILES string of the molecule is CCCCOC(=O)[C@H]1[C@@H](c2ccccc2)N2[C@@H](C(=O)Nc3ccccc3)[C@@H](C(=O)OCCCC)[C@@H](c3ccccc3)N2[C@H]1C(=O)Nc1ccccc1. The molecule has 270 valence electrons. The number of unbranched alkanes of at least 4 members (excludes halogenated alkanes) is 2. The van der Waals surface area contributed by atoms with Crippen LogP contribution in [0.4, 0.5) is 11.4 Å². The van der Waals surface area contributed by atoms with Crippen molar-refractivity contribution in [1.82, 2.24) is 10.0 Å². The quantitative estimate of drug-likeness (QED) is 0.107. The summed E-state index contributed by atoms with van der Waals surface area (Å²) in [7, 11) is 0. The number of hydrogen-bond donors (Lipinski definition) is 2. The van der Waals surface area contributed by atoms with Gasteiger partial charge in [0, 0.05) is 11.4 Å². The molecule has 2 N–H and O–H groups in total. The van der Waals surface area contributed by atoms with Crippen LogP contribution >= 0.6 is 0 Å². The Hall–Kier alpha value is -5.32. The minimum atomic E-state index is -1.18. The molecule has 52 heavy (non-hydrogen) atoms. The molecule has 2 saturated heterocycles. The Labute approximate surface area is 305 Å². The van der Waals surface area contributed by atoms with E-state index in [0.29, 0.717) is 35.3 Å². The van der Waals surface area contributed by atoms with E-state index in [1.54, 1.807) is 34.3 Å². The average molecular weight is 703 g/mol. The molecule has 10 heteroatoms. The lowest BCUT2D eigenvalue weighted by Gasteiger charge is -2.33. The minimum Gasteiger partial charge on any atom is -0.465 e. The summed E-state index contributed by atoms with van der Waals surface area (Å²) in [6.45, 7) is 4.39. The average Bonchev–Trinajstić information content (AvgIpc) is 3.70. The van der Waals surface area contributed by atoms with Crippen LogP contribution in [0.2, 0.25) is 0 Å². The first-order valence-electron chi connectivity index (χ1n) is 18.2. The van der Waals surface area contributed by atoms with Crippen molar-refractivity contribution >= 4 is 35.1 Å². The van der Waals surface area contributed by atoms with Crippen LogP contribution in [0.3, 0.4) is 0 Å². The van der Waals surface area contributed by atoms with Gasteiger partial charge in [0.25, 0.3) is 0 Å². The van der Waals surface area contributed by atoms with E-state index in [0.717, 1.165) is 12.8 Å². The number of anilines is 2. The van der Waals surface area contributed by atoms with Gasteiger partial charge < -0.3 is 20.1 Å². The first-order valence-corrected chi connectivity index (χ1v) is 18.2. The number of hydrazine groups is 1. The number of carbonyl (C=O) groups excluding carboxylic acids is 4. The van der Waals surface area contributed by atoms with Gasteiger partial charge in [-0.15, -0.1) is 0 Å². The Morgan fingerprint density at radius 3 is 1.17 bits per heavy atom. The number of nitrogens with zero attached hydrogens (tertiary/aromatic N) is 2. The van der Waals surface area contributed by atoms with Crippen molar-refractivity contribution in [3.8, 4) is 0 Å². The second-order valence-electron chi connectivity index (χ2n) is 13.2. The molecule has 0 aliphatic carbocycles. The fraction of sp³-hybridized carbons (Fsp3) is 0.333. The molecule has 6 atom stereocenters. The summed E-state index contributed by atoms with van der Waals surface area (Å²) in [6, 6.07) is 32.7. The van der Waals surface area contributed by atoms with Gasteiger partial charge in [-0.3, -0.25) is 19.2 Å². The van der Waals surface area contributed by atoms with Crippen LogP contribution in [0, 0.1) is 11.8 Å². The second-order valence-corrected chi connectivity index (χ2v) is 13.2. The largest absolute Gasteiger partial charge is 0.465 e. The Kier molecular flexibility index (Phi) is 12.1. The molecule has 2 amide bonds. The highest BCUT2D eigenvalue weighted by molar-refractivity contribution is 6.01. The van der Waals surface area contributed by atoms with Gasteiger partial charge in [0.2, 0.25) is 11.8 Å². The third-order valence-electron chi connectivity index (χ3n) is 9.70. The van der Waals surface area contributed by atoms with E-state index < -0.39 is 59.8 Å². The fourth-order valence-electron chi connectivity index (χ4n) is 7.33. The van der Waals surface area contributed by atoms with Gasteiger partial charge >= 0.3 is 11.9 Å². The zero-order valence-corrected chi connectivity index (χ0v) is 29.6. The molecule has 6 rings (SSSR count). The Morgan fingerprint density at radius 2 is 0.846 bits per heavy atom. The Bertz CT molecular complexity index is 1660. The number of carbonyl (C=O) groups is 4. The molecule has 0 bridgehead atoms. The number of fused-ring (bicyclic) bond motifs is 1. The molecule has 0 saturated carbocycles. The smallest absolute Gasteiger partial charge is 0.313 e. The summed E-state index contributed by atoms with van der Waals surface area (Å²) in [5.41, 5.74) is 2.49. The summed E-state index contributed by atoms with van der Waals surface area (Å²) >= 11 is 0. The number of ether oxygens (including phenoxy) is 2. The number of esters is 2. The highest BCUT2D eigenvalue weighted by atomic mass is 16.5. The predicted molar refractivity (Wildman–Crippen MR) is 198 cm³/mol. The van der Waals surface area contributed by atoms with Crippen molar-refractivity contribution in [3.63, 3.8) is 0 Å². The van der Waals surface area contributed by atoms with Gasteiger partial charge in [0.05, 0.1) is 25.3 Å². The number of nitrogens with one attached hydrogen (secondary N) is 2. The number of amides is 2. The van der Waals surface area contributed by atoms with Crippen LogP contribution < -0.4 is 10.6 Å². The van der Waals surface area contributed by atoms with Gasteiger partial charge in [-0.25, -0.2) is 10.0 Å². The molecule has 4 aromatic carbocycles. The van der Waals surface area contributed by atoms with Gasteiger partial charge in [0.1, 0.15) is 23.9 Å². The third-order valence-corrected chi connectivity index (χ3v) is 9.70. The van der Waals surface area contributed by atoms with Crippen LogP contribution in [0.5, 0.6) is 0 Å². The molecule has 2 aliphatic rings. The highest BCUT2D eigenvalue weighted by Crippen LogP contribution is 2.56. The lowest BCUT2D eigenvalue weighted by Crippen LogP contribution is -2.49. The van der Waals surface area contributed by atoms with Crippen molar-refractivity contribution in [1.29, 1.82) is 0 Å².